The number of hydrogen-bond donors (Lipinski definition) is 2. The Morgan fingerprint density at radius 2 is 1.92 bits per heavy atom. The molecule has 0 saturated carbocycles. The lowest BCUT2D eigenvalue weighted by atomic mass is 9.81. The number of nitrogens with one attached hydrogen (secondary N) is 2. The van der Waals surface area contributed by atoms with E-state index in [1.165, 1.54) is 18.4 Å². The average Bonchev–Trinajstić information content (AvgIpc) is 3.03. The van der Waals surface area contributed by atoms with Crippen LogP contribution in [0.25, 0.3) is 11.5 Å². The average molecular weight is 404 g/mol. The number of nitrogens with zero attached hydrogens (tertiary/aromatic N) is 1. The Morgan fingerprint density at radius 3 is 2.58 bits per heavy atom. The van der Waals surface area contributed by atoms with Gasteiger partial charge in [0.05, 0.1) is 12.1 Å². The Hall–Kier alpha value is -1.63. The Kier molecular flexibility index (Phi) is 8.53. The first-order valence-electron chi connectivity index (χ1n) is 8.22. The van der Waals surface area contributed by atoms with Crippen LogP contribution in [0.1, 0.15) is 25.5 Å². The molecule has 0 aliphatic carbocycles. The van der Waals surface area contributed by atoms with Crippen molar-refractivity contribution in [3.63, 3.8) is 0 Å². The first-order valence-corrected chi connectivity index (χ1v) is 8.22. The number of carbonyl (C=O) groups excluding carboxylic acids is 1. The summed E-state index contributed by atoms with van der Waals surface area (Å²) in [6.45, 7) is 4.88. The number of hydrogen-bond acceptors (Lipinski definition) is 4. The second-order valence-electron chi connectivity index (χ2n) is 6.67. The summed E-state index contributed by atoms with van der Waals surface area (Å²) in [6, 6.07) is 5.91. The fourth-order valence-electron chi connectivity index (χ4n) is 2.86. The number of piperidine rings is 1. The highest BCUT2D eigenvalue weighted by molar-refractivity contribution is 5.85. The highest BCUT2D eigenvalue weighted by atomic mass is 35.5. The van der Waals surface area contributed by atoms with Crippen LogP contribution in [0.2, 0.25) is 0 Å². The van der Waals surface area contributed by atoms with Crippen LogP contribution in [-0.4, -0.2) is 30.5 Å². The van der Waals surface area contributed by atoms with Gasteiger partial charge in [-0.3, -0.25) is 4.79 Å². The van der Waals surface area contributed by atoms with Gasteiger partial charge in [-0.15, -0.1) is 24.8 Å². The van der Waals surface area contributed by atoms with Crippen molar-refractivity contribution in [1.82, 2.24) is 15.6 Å². The fraction of sp³-hybridized carbons (Fsp3) is 0.444. The molecule has 0 bridgehead atoms. The van der Waals surface area contributed by atoms with Crippen LogP contribution < -0.4 is 10.6 Å². The second kappa shape index (κ2) is 9.90. The van der Waals surface area contributed by atoms with Crippen molar-refractivity contribution in [2.45, 2.75) is 26.2 Å². The van der Waals surface area contributed by atoms with Crippen LogP contribution in [0.15, 0.2) is 34.9 Å². The summed E-state index contributed by atoms with van der Waals surface area (Å²) in [6.07, 6.45) is 3.78. The van der Waals surface area contributed by atoms with Gasteiger partial charge < -0.3 is 15.1 Å². The third-order valence-electron chi connectivity index (χ3n) is 4.51. The van der Waals surface area contributed by atoms with E-state index in [0.717, 1.165) is 25.9 Å². The molecule has 1 fully saturated rings. The van der Waals surface area contributed by atoms with E-state index >= 15 is 0 Å². The van der Waals surface area contributed by atoms with E-state index in [1.54, 1.807) is 12.1 Å². The fourth-order valence-corrected chi connectivity index (χ4v) is 2.86. The molecule has 2 heterocycles. The van der Waals surface area contributed by atoms with Gasteiger partial charge in [-0.25, -0.2) is 9.37 Å². The van der Waals surface area contributed by atoms with Gasteiger partial charge in [0.25, 0.3) is 0 Å². The van der Waals surface area contributed by atoms with Crippen LogP contribution >= 0.6 is 24.8 Å². The van der Waals surface area contributed by atoms with Crippen molar-refractivity contribution in [3.05, 3.63) is 42.0 Å². The molecule has 0 atom stereocenters. The molecule has 0 radical (unpaired) electrons. The molecule has 0 spiro atoms. The Bertz CT molecular complexity index is 701. The highest BCUT2D eigenvalue weighted by Gasteiger charge is 2.27. The Morgan fingerprint density at radius 1 is 1.27 bits per heavy atom. The van der Waals surface area contributed by atoms with Crippen molar-refractivity contribution < 1.29 is 13.6 Å². The monoisotopic (exact) mass is 403 g/mol. The highest BCUT2D eigenvalue weighted by Crippen LogP contribution is 2.26. The molecule has 8 heteroatoms. The van der Waals surface area contributed by atoms with Crippen molar-refractivity contribution in [1.29, 1.82) is 0 Å². The molecular formula is C18H24Cl2FN3O2. The number of rotatable bonds is 5. The minimum atomic E-state index is -0.309. The summed E-state index contributed by atoms with van der Waals surface area (Å²) in [5.74, 6) is 0.0214. The topological polar surface area (TPSA) is 67.2 Å². The zero-order chi connectivity index (χ0) is 17.0. The van der Waals surface area contributed by atoms with Crippen molar-refractivity contribution >= 4 is 30.7 Å². The zero-order valence-electron chi connectivity index (χ0n) is 14.6. The molecule has 144 valence electrons. The number of aromatic nitrogens is 1. The first kappa shape index (κ1) is 22.4. The molecule has 26 heavy (non-hydrogen) atoms. The largest absolute Gasteiger partial charge is 0.444 e. The van der Waals surface area contributed by atoms with Crippen molar-refractivity contribution in [2.75, 3.05) is 19.6 Å². The van der Waals surface area contributed by atoms with Gasteiger partial charge in [0.15, 0.2) is 0 Å². The SMILES string of the molecule is CC1(CNC(=O)Cc2coc(-c3ccc(F)cc3)n2)CCNCC1.Cl.Cl. The van der Waals surface area contributed by atoms with Crippen LogP contribution in [0.4, 0.5) is 4.39 Å². The van der Waals surface area contributed by atoms with Gasteiger partial charge in [0, 0.05) is 12.1 Å². The lowest BCUT2D eigenvalue weighted by molar-refractivity contribution is -0.121. The maximum atomic E-state index is 12.9. The maximum absolute atomic E-state index is 12.9. The molecule has 2 aromatic rings. The molecule has 1 aliphatic heterocycles. The molecule has 3 rings (SSSR count). The lowest BCUT2D eigenvalue weighted by Crippen LogP contribution is -2.43. The van der Waals surface area contributed by atoms with Gasteiger partial charge in [-0.1, -0.05) is 6.92 Å². The van der Waals surface area contributed by atoms with Crippen LogP contribution in [0, 0.1) is 11.2 Å². The summed E-state index contributed by atoms with van der Waals surface area (Å²) < 4.78 is 18.3. The number of oxazole rings is 1. The third kappa shape index (κ3) is 5.97. The normalized spacial score (nSPS) is 15.5. The van der Waals surface area contributed by atoms with Gasteiger partial charge >= 0.3 is 0 Å². The van der Waals surface area contributed by atoms with Crippen LogP contribution in [0.3, 0.4) is 0 Å². The van der Waals surface area contributed by atoms with Gasteiger partial charge in [0.2, 0.25) is 11.8 Å². The summed E-state index contributed by atoms with van der Waals surface area (Å²) >= 11 is 0. The predicted molar refractivity (Wildman–Crippen MR) is 103 cm³/mol. The van der Waals surface area contributed by atoms with Gasteiger partial charge in [-0.05, 0) is 55.6 Å². The molecular weight excluding hydrogens is 380 g/mol. The van der Waals surface area contributed by atoms with Crippen LogP contribution in [0.5, 0.6) is 0 Å². The number of halogens is 3. The maximum Gasteiger partial charge on any atom is 0.226 e. The van der Waals surface area contributed by atoms with Crippen LogP contribution in [-0.2, 0) is 11.2 Å². The summed E-state index contributed by atoms with van der Waals surface area (Å²) in [4.78, 5) is 16.4. The molecule has 1 aromatic carbocycles. The van der Waals surface area contributed by atoms with E-state index in [2.05, 4.69) is 22.5 Å². The standard InChI is InChI=1S/C18H22FN3O2.2ClH/c1-18(6-8-20-9-7-18)12-21-16(23)10-15-11-24-17(22-15)13-2-4-14(19)5-3-13;;/h2-5,11,20H,6-10,12H2,1H3,(H,21,23);2*1H. The minimum absolute atomic E-state index is 0. The third-order valence-corrected chi connectivity index (χ3v) is 4.51. The van der Waals surface area contributed by atoms with Crippen molar-refractivity contribution in [3.8, 4) is 11.5 Å². The number of carbonyl (C=O) groups is 1. The molecule has 1 aromatic heterocycles. The molecule has 1 aliphatic rings. The summed E-state index contributed by atoms with van der Waals surface area (Å²) in [7, 11) is 0. The van der Waals surface area contributed by atoms with Gasteiger partial charge in [0.1, 0.15) is 12.1 Å². The Balaban J connectivity index is 0.00000169. The lowest BCUT2D eigenvalue weighted by Gasteiger charge is -2.34. The minimum Gasteiger partial charge on any atom is -0.444 e. The first-order chi connectivity index (χ1) is 11.5. The van der Waals surface area contributed by atoms with Gasteiger partial charge in [-0.2, -0.15) is 0 Å². The number of amides is 1. The molecule has 1 saturated heterocycles. The Labute approximate surface area is 165 Å². The van der Waals surface area contributed by atoms with E-state index in [9.17, 15) is 9.18 Å². The quantitative estimate of drug-likeness (QED) is 0.802. The predicted octanol–water partition coefficient (Wildman–Crippen LogP) is 3.37. The molecule has 5 nitrogen and oxygen atoms in total. The number of benzene rings is 1. The van der Waals surface area contributed by atoms with E-state index < -0.39 is 0 Å². The van der Waals surface area contributed by atoms with Crippen molar-refractivity contribution in [2.24, 2.45) is 5.41 Å². The molecule has 1 amide bonds. The second-order valence-corrected chi connectivity index (χ2v) is 6.67. The molecule has 2 N–H and O–H groups in total. The van der Waals surface area contributed by atoms with E-state index in [1.807, 2.05) is 0 Å². The van der Waals surface area contributed by atoms with E-state index in [0.29, 0.717) is 23.7 Å². The summed E-state index contributed by atoms with van der Waals surface area (Å²) in [5, 5.41) is 6.33. The van der Waals surface area contributed by atoms with E-state index in [4.69, 9.17) is 4.42 Å². The molecule has 0 unspecified atom stereocenters. The van der Waals surface area contributed by atoms with E-state index in [-0.39, 0.29) is 48.4 Å². The summed E-state index contributed by atoms with van der Waals surface area (Å²) in [5.41, 5.74) is 1.41. The smallest absolute Gasteiger partial charge is 0.226 e. The zero-order valence-corrected chi connectivity index (χ0v) is 16.2.